The second-order valence-corrected chi connectivity index (χ2v) is 7.09. The van der Waals surface area contributed by atoms with Gasteiger partial charge in [-0.2, -0.15) is 0 Å². The van der Waals surface area contributed by atoms with Crippen LogP contribution in [-0.2, 0) is 6.54 Å². The van der Waals surface area contributed by atoms with E-state index in [4.69, 9.17) is 0 Å². The Balaban J connectivity index is 2.69. The molecular formula is C15H24BrNS. The lowest BCUT2D eigenvalue weighted by molar-refractivity contribution is 0.584. The Morgan fingerprint density at radius 2 is 2.00 bits per heavy atom. The van der Waals surface area contributed by atoms with Crippen LogP contribution in [-0.4, -0.2) is 11.8 Å². The first-order valence-electron chi connectivity index (χ1n) is 6.67. The fourth-order valence-corrected chi connectivity index (χ4v) is 3.08. The summed E-state index contributed by atoms with van der Waals surface area (Å²) < 4.78 is 1.16. The highest BCUT2D eigenvalue weighted by Crippen LogP contribution is 2.28. The lowest BCUT2D eigenvalue weighted by Crippen LogP contribution is -2.22. The van der Waals surface area contributed by atoms with Crippen LogP contribution in [0.4, 0.5) is 0 Å². The van der Waals surface area contributed by atoms with Crippen molar-refractivity contribution in [3.63, 3.8) is 0 Å². The maximum absolute atomic E-state index is 3.56. The first-order chi connectivity index (χ1) is 8.52. The van der Waals surface area contributed by atoms with Crippen LogP contribution in [0.3, 0.4) is 0 Å². The molecule has 0 fully saturated rings. The minimum atomic E-state index is 0.524. The highest BCUT2D eigenvalue weighted by atomic mass is 79.9. The van der Waals surface area contributed by atoms with Crippen molar-refractivity contribution in [3.05, 3.63) is 28.2 Å². The average Bonchev–Trinajstić information content (AvgIpc) is 2.34. The summed E-state index contributed by atoms with van der Waals surface area (Å²) >= 11 is 5.54. The summed E-state index contributed by atoms with van der Waals surface area (Å²) in [5.41, 5.74) is 1.39. The van der Waals surface area contributed by atoms with E-state index in [1.807, 2.05) is 11.8 Å². The highest BCUT2D eigenvalue weighted by molar-refractivity contribution is 9.10. The van der Waals surface area contributed by atoms with Crippen LogP contribution in [0.5, 0.6) is 0 Å². The summed E-state index contributed by atoms with van der Waals surface area (Å²) in [4.78, 5) is 1.41. The van der Waals surface area contributed by atoms with E-state index in [1.54, 1.807) is 0 Å². The molecule has 0 aliphatic carbocycles. The Hall–Kier alpha value is 0.01000. The van der Waals surface area contributed by atoms with Crippen LogP contribution >= 0.6 is 27.7 Å². The maximum Gasteiger partial charge on any atom is 0.0219 e. The molecule has 0 spiro atoms. The number of rotatable bonds is 7. The summed E-state index contributed by atoms with van der Waals surface area (Å²) in [5, 5.41) is 3.50. The monoisotopic (exact) mass is 329 g/mol. The molecule has 1 aromatic carbocycles. The van der Waals surface area contributed by atoms with Crippen LogP contribution in [0.15, 0.2) is 27.6 Å². The van der Waals surface area contributed by atoms with Gasteiger partial charge in [-0.1, -0.05) is 50.0 Å². The van der Waals surface area contributed by atoms with E-state index in [0.717, 1.165) is 16.9 Å². The predicted molar refractivity (Wildman–Crippen MR) is 86.3 cm³/mol. The molecular weight excluding hydrogens is 306 g/mol. The largest absolute Gasteiger partial charge is 0.310 e. The molecule has 1 rings (SSSR count). The zero-order chi connectivity index (χ0) is 13.5. The predicted octanol–water partition coefficient (Wildman–Crippen LogP) is 5.09. The molecule has 0 aliphatic rings. The molecule has 3 heteroatoms. The third-order valence-electron chi connectivity index (χ3n) is 2.94. The Morgan fingerprint density at radius 1 is 1.28 bits per heavy atom. The fourth-order valence-electron chi connectivity index (χ4n) is 1.49. The van der Waals surface area contributed by atoms with Crippen molar-refractivity contribution in [1.29, 1.82) is 0 Å². The Morgan fingerprint density at radius 3 is 2.61 bits per heavy atom. The fraction of sp³-hybridized carbons (Fsp3) is 0.600. The smallest absolute Gasteiger partial charge is 0.0219 e. The summed E-state index contributed by atoms with van der Waals surface area (Å²) in [6.07, 6.45) is 1.25. The molecule has 1 nitrogen and oxygen atoms in total. The van der Waals surface area contributed by atoms with Crippen LogP contribution in [0.2, 0.25) is 0 Å². The molecule has 0 radical (unpaired) electrons. The summed E-state index contributed by atoms with van der Waals surface area (Å²) in [6.45, 7) is 9.89. The van der Waals surface area contributed by atoms with Gasteiger partial charge < -0.3 is 5.32 Å². The van der Waals surface area contributed by atoms with Crippen molar-refractivity contribution in [2.45, 2.75) is 51.6 Å². The molecule has 1 N–H and O–H groups in total. The molecule has 0 bridgehead atoms. The number of hydrogen-bond acceptors (Lipinski definition) is 2. The lowest BCUT2D eigenvalue weighted by atomic mass is 10.2. The molecule has 18 heavy (non-hydrogen) atoms. The summed E-state index contributed by atoms with van der Waals surface area (Å²) in [6, 6.07) is 7.12. The molecule has 0 heterocycles. The van der Waals surface area contributed by atoms with Crippen molar-refractivity contribution in [2.24, 2.45) is 5.92 Å². The second kappa shape index (κ2) is 8.23. The quantitative estimate of drug-likeness (QED) is 0.699. The second-order valence-electron chi connectivity index (χ2n) is 5.11. The number of halogens is 1. The van der Waals surface area contributed by atoms with Gasteiger partial charge in [0.05, 0.1) is 0 Å². The number of hydrogen-bond donors (Lipinski definition) is 1. The molecule has 1 unspecified atom stereocenters. The average molecular weight is 330 g/mol. The van der Waals surface area contributed by atoms with Crippen molar-refractivity contribution < 1.29 is 0 Å². The van der Waals surface area contributed by atoms with Gasteiger partial charge in [0.1, 0.15) is 0 Å². The van der Waals surface area contributed by atoms with Crippen LogP contribution < -0.4 is 5.32 Å². The lowest BCUT2D eigenvalue weighted by Gasteiger charge is -2.14. The number of nitrogens with one attached hydrogen (secondary N) is 1. The van der Waals surface area contributed by atoms with Gasteiger partial charge in [-0.05, 0) is 29.7 Å². The van der Waals surface area contributed by atoms with Crippen LogP contribution in [0.1, 0.15) is 39.7 Å². The van der Waals surface area contributed by atoms with E-state index in [0.29, 0.717) is 6.04 Å². The number of benzene rings is 1. The van der Waals surface area contributed by atoms with Gasteiger partial charge in [0.15, 0.2) is 0 Å². The van der Waals surface area contributed by atoms with Crippen molar-refractivity contribution in [3.8, 4) is 0 Å². The topological polar surface area (TPSA) is 12.0 Å². The Labute approximate surface area is 124 Å². The molecule has 1 aromatic rings. The third-order valence-corrected chi connectivity index (χ3v) is 4.88. The van der Waals surface area contributed by atoms with Gasteiger partial charge in [-0.15, -0.1) is 11.8 Å². The number of thioether (sulfide) groups is 1. The molecule has 0 aliphatic heterocycles. The van der Waals surface area contributed by atoms with E-state index < -0.39 is 0 Å². The minimum Gasteiger partial charge on any atom is -0.310 e. The molecule has 0 saturated heterocycles. The molecule has 102 valence electrons. The molecule has 0 aromatic heterocycles. The Bertz CT molecular complexity index is 366. The van der Waals surface area contributed by atoms with Crippen molar-refractivity contribution >= 4 is 27.7 Å². The van der Waals surface area contributed by atoms with Crippen molar-refractivity contribution in [2.75, 3.05) is 5.75 Å². The van der Waals surface area contributed by atoms with Crippen molar-refractivity contribution in [1.82, 2.24) is 5.32 Å². The summed E-state index contributed by atoms with van der Waals surface area (Å²) in [7, 11) is 0. The van der Waals surface area contributed by atoms with Gasteiger partial charge in [0.25, 0.3) is 0 Å². The van der Waals surface area contributed by atoms with Crippen LogP contribution in [0.25, 0.3) is 0 Å². The third kappa shape index (κ3) is 5.77. The normalized spacial score (nSPS) is 13.0. The SMILES string of the molecule is CCC(C)CSc1ccc(Br)cc1CNC(C)C. The van der Waals surface area contributed by atoms with E-state index >= 15 is 0 Å². The first-order valence-corrected chi connectivity index (χ1v) is 8.45. The zero-order valence-electron chi connectivity index (χ0n) is 11.8. The van der Waals surface area contributed by atoms with Gasteiger partial charge in [-0.25, -0.2) is 0 Å². The highest BCUT2D eigenvalue weighted by Gasteiger charge is 2.07. The summed E-state index contributed by atoms with van der Waals surface area (Å²) in [5.74, 6) is 1.98. The van der Waals surface area contributed by atoms with Crippen LogP contribution in [0, 0.1) is 5.92 Å². The van der Waals surface area contributed by atoms with E-state index in [1.165, 1.54) is 22.6 Å². The maximum atomic E-state index is 3.56. The van der Waals surface area contributed by atoms with Gasteiger partial charge >= 0.3 is 0 Å². The molecule has 1 atom stereocenters. The first kappa shape index (κ1) is 16.1. The molecule has 0 amide bonds. The Kier molecular flexibility index (Phi) is 7.35. The van der Waals surface area contributed by atoms with E-state index in [9.17, 15) is 0 Å². The van der Waals surface area contributed by atoms with E-state index in [-0.39, 0.29) is 0 Å². The van der Waals surface area contributed by atoms with Gasteiger partial charge in [0, 0.05) is 27.7 Å². The van der Waals surface area contributed by atoms with Gasteiger partial charge in [-0.3, -0.25) is 0 Å². The van der Waals surface area contributed by atoms with Gasteiger partial charge in [0.2, 0.25) is 0 Å². The zero-order valence-corrected chi connectivity index (χ0v) is 14.2. The van der Waals surface area contributed by atoms with E-state index in [2.05, 4.69) is 67.1 Å². The molecule has 0 saturated carbocycles. The minimum absolute atomic E-state index is 0.524. The standard InChI is InChI=1S/C15H24BrNS/c1-5-12(4)10-18-15-7-6-14(16)8-13(15)9-17-11(2)3/h6-8,11-12,17H,5,9-10H2,1-4H3.